The van der Waals surface area contributed by atoms with Gasteiger partial charge in [-0.25, -0.2) is 4.79 Å². The molecule has 14 nitrogen and oxygen atoms in total. The molecular formula is C16H27N5O9S. The van der Waals surface area contributed by atoms with Crippen molar-refractivity contribution in [2.24, 2.45) is 11.5 Å². The predicted molar refractivity (Wildman–Crippen MR) is 108 cm³/mol. The Morgan fingerprint density at radius 2 is 1.39 bits per heavy atom. The van der Waals surface area contributed by atoms with E-state index < -0.39 is 79.2 Å². The van der Waals surface area contributed by atoms with Crippen molar-refractivity contribution in [2.45, 2.75) is 43.4 Å². The molecule has 0 aromatic carbocycles. The Morgan fingerprint density at radius 1 is 0.871 bits per heavy atom. The first-order valence-corrected chi connectivity index (χ1v) is 10.3. The van der Waals surface area contributed by atoms with Gasteiger partial charge in [0.25, 0.3) is 0 Å². The predicted octanol–water partition coefficient (Wildman–Crippen LogP) is -4.05. The van der Waals surface area contributed by atoms with Gasteiger partial charge in [0.15, 0.2) is 0 Å². The summed E-state index contributed by atoms with van der Waals surface area (Å²) in [5, 5.41) is 33.5. The van der Waals surface area contributed by atoms with Crippen LogP contribution in [0.25, 0.3) is 0 Å². The Bertz CT molecular complexity index is 690. The van der Waals surface area contributed by atoms with Crippen LogP contribution in [-0.4, -0.2) is 93.7 Å². The summed E-state index contributed by atoms with van der Waals surface area (Å²) in [5.41, 5.74) is 10.5. The van der Waals surface area contributed by atoms with Gasteiger partial charge in [-0.2, -0.15) is 11.8 Å². The molecule has 0 aromatic rings. The first-order chi connectivity index (χ1) is 14.4. The molecule has 4 unspecified atom stereocenters. The molecule has 31 heavy (non-hydrogen) atoms. The zero-order valence-electron chi connectivity index (χ0n) is 16.7. The first kappa shape index (κ1) is 28.1. The molecule has 0 bridgehead atoms. The Hall–Kier alpha value is -2.91. The summed E-state index contributed by atoms with van der Waals surface area (Å²) in [6, 6.07) is -5.88. The molecule has 0 saturated heterocycles. The van der Waals surface area contributed by atoms with Crippen molar-refractivity contribution in [1.29, 1.82) is 0 Å². The summed E-state index contributed by atoms with van der Waals surface area (Å²) in [6.07, 6.45) is 0.481. The number of rotatable bonds is 15. The van der Waals surface area contributed by atoms with E-state index in [9.17, 15) is 33.9 Å². The standard InChI is InChI=1S/C16H27N5O9S/c1-31-3-2-8(19-13(26)7(17)4-11(18)23)14(27)21-10(6-22)15(28)20-9(16(29)30)5-12(24)25/h7-10,22H,2-6,17H2,1H3,(H2,18,23)(H,19,26)(H,20,28)(H,21,27)(H,24,25)(H,29,30). The number of thioether (sulfide) groups is 1. The molecule has 4 atom stereocenters. The number of carboxylic acid groups (broad SMARTS) is 2. The van der Waals surface area contributed by atoms with Crippen molar-refractivity contribution in [3.05, 3.63) is 0 Å². The quantitative estimate of drug-likeness (QED) is 0.115. The fourth-order valence-electron chi connectivity index (χ4n) is 2.21. The number of hydrogen-bond acceptors (Lipinski definition) is 9. The minimum atomic E-state index is -1.78. The number of carboxylic acids is 2. The van der Waals surface area contributed by atoms with E-state index in [2.05, 4.69) is 10.6 Å². The van der Waals surface area contributed by atoms with Gasteiger partial charge in [-0.05, 0) is 18.4 Å². The lowest BCUT2D eigenvalue weighted by Gasteiger charge is -2.24. The second kappa shape index (κ2) is 14.2. The number of primary amides is 1. The van der Waals surface area contributed by atoms with Gasteiger partial charge < -0.3 is 42.7 Å². The van der Waals surface area contributed by atoms with E-state index in [1.165, 1.54) is 11.8 Å². The monoisotopic (exact) mass is 465 g/mol. The molecule has 0 rings (SSSR count). The summed E-state index contributed by atoms with van der Waals surface area (Å²) in [4.78, 5) is 69.5. The van der Waals surface area contributed by atoms with Gasteiger partial charge in [0.2, 0.25) is 23.6 Å². The number of nitrogens with one attached hydrogen (secondary N) is 3. The maximum atomic E-state index is 12.5. The van der Waals surface area contributed by atoms with Crippen molar-refractivity contribution in [1.82, 2.24) is 16.0 Å². The largest absolute Gasteiger partial charge is 0.481 e. The van der Waals surface area contributed by atoms with Crippen LogP contribution in [0, 0.1) is 0 Å². The Labute approximate surface area is 181 Å². The van der Waals surface area contributed by atoms with Gasteiger partial charge >= 0.3 is 11.9 Å². The fraction of sp³-hybridized carbons (Fsp3) is 0.625. The highest BCUT2D eigenvalue weighted by atomic mass is 32.2. The summed E-state index contributed by atoms with van der Waals surface area (Å²) in [6.45, 7) is -0.929. The fourth-order valence-corrected chi connectivity index (χ4v) is 2.68. The molecule has 0 spiro atoms. The van der Waals surface area contributed by atoms with Gasteiger partial charge in [-0.15, -0.1) is 0 Å². The number of carbonyl (C=O) groups excluding carboxylic acids is 4. The highest BCUT2D eigenvalue weighted by Crippen LogP contribution is 2.03. The van der Waals surface area contributed by atoms with Crippen LogP contribution in [0.1, 0.15) is 19.3 Å². The molecule has 10 N–H and O–H groups in total. The van der Waals surface area contributed by atoms with Crippen LogP contribution in [0.4, 0.5) is 0 Å². The van der Waals surface area contributed by atoms with Crippen molar-refractivity contribution < 1.29 is 44.1 Å². The van der Waals surface area contributed by atoms with E-state index in [1.54, 1.807) is 6.26 Å². The van der Waals surface area contributed by atoms with Gasteiger partial charge in [0.1, 0.15) is 18.1 Å². The zero-order valence-corrected chi connectivity index (χ0v) is 17.5. The molecule has 0 fully saturated rings. The molecule has 0 aliphatic carbocycles. The molecule has 0 aliphatic heterocycles. The second-order valence-electron chi connectivity index (χ2n) is 6.36. The minimum absolute atomic E-state index is 0.110. The molecule has 4 amide bonds. The first-order valence-electron chi connectivity index (χ1n) is 8.92. The summed E-state index contributed by atoms with van der Waals surface area (Å²) < 4.78 is 0. The Kier molecular flexibility index (Phi) is 12.8. The Morgan fingerprint density at radius 3 is 1.84 bits per heavy atom. The molecule has 15 heteroatoms. The van der Waals surface area contributed by atoms with Gasteiger partial charge in [0.05, 0.1) is 25.5 Å². The maximum Gasteiger partial charge on any atom is 0.326 e. The zero-order chi connectivity index (χ0) is 24.1. The van der Waals surface area contributed by atoms with Gasteiger partial charge in [0, 0.05) is 0 Å². The van der Waals surface area contributed by atoms with E-state index in [0.29, 0.717) is 5.75 Å². The van der Waals surface area contributed by atoms with Crippen molar-refractivity contribution in [3.8, 4) is 0 Å². The highest BCUT2D eigenvalue weighted by molar-refractivity contribution is 7.98. The number of nitrogens with two attached hydrogens (primary N) is 2. The van der Waals surface area contributed by atoms with E-state index in [4.69, 9.17) is 21.7 Å². The summed E-state index contributed by atoms with van der Waals surface area (Å²) in [7, 11) is 0. The van der Waals surface area contributed by atoms with E-state index >= 15 is 0 Å². The van der Waals surface area contributed by atoms with E-state index in [1.807, 2.05) is 5.32 Å². The van der Waals surface area contributed by atoms with Crippen LogP contribution >= 0.6 is 11.8 Å². The summed E-state index contributed by atoms with van der Waals surface area (Å²) >= 11 is 1.36. The van der Waals surface area contributed by atoms with Crippen molar-refractivity contribution >= 4 is 47.3 Å². The third-order valence-corrected chi connectivity index (χ3v) is 4.45. The SMILES string of the molecule is CSCCC(NC(=O)C(N)CC(N)=O)C(=O)NC(CO)C(=O)NC(CC(=O)O)C(=O)O. The van der Waals surface area contributed by atoms with Crippen LogP contribution in [0.2, 0.25) is 0 Å². The van der Waals surface area contributed by atoms with Crippen LogP contribution in [0.5, 0.6) is 0 Å². The molecule has 0 saturated carbocycles. The average Bonchev–Trinajstić information content (AvgIpc) is 2.67. The minimum Gasteiger partial charge on any atom is -0.481 e. The third-order valence-electron chi connectivity index (χ3n) is 3.81. The van der Waals surface area contributed by atoms with Crippen LogP contribution in [-0.2, 0) is 28.8 Å². The van der Waals surface area contributed by atoms with Gasteiger partial charge in [-0.1, -0.05) is 0 Å². The van der Waals surface area contributed by atoms with Crippen LogP contribution in [0.15, 0.2) is 0 Å². The third kappa shape index (κ3) is 11.2. The van der Waals surface area contributed by atoms with Gasteiger partial charge in [-0.3, -0.25) is 24.0 Å². The lowest BCUT2D eigenvalue weighted by molar-refractivity contribution is -0.147. The number of carbonyl (C=O) groups is 6. The molecule has 0 heterocycles. The van der Waals surface area contributed by atoms with Crippen LogP contribution in [0.3, 0.4) is 0 Å². The Balaban J connectivity index is 5.22. The molecular weight excluding hydrogens is 438 g/mol. The lowest BCUT2D eigenvalue weighted by atomic mass is 10.1. The van der Waals surface area contributed by atoms with Crippen LogP contribution < -0.4 is 27.4 Å². The van der Waals surface area contributed by atoms with E-state index in [0.717, 1.165) is 0 Å². The summed E-state index contributed by atoms with van der Waals surface area (Å²) in [5.74, 6) is -6.36. The number of amides is 4. The van der Waals surface area contributed by atoms with Crippen molar-refractivity contribution in [3.63, 3.8) is 0 Å². The molecule has 0 aliphatic rings. The van der Waals surface area contributed by atoms with E-state index in [-0.39, 0.29) is 6.42 Å². The number of aliphatic hydroxyl groups is 1. The normalized spacial score (nSPS) is 14.4. The van der Waals surface area contributed by atoms with Crippen molar-refractivity contribution in [2.75, 3.05) is 18.6 Å². The second-order valence-corrected chi connectivity index (χ2v) is 7.35. The lowest BCUT2D eigenvalue weighted by Crippen LogP contribution is -2.58. The molecule has 0 radical (unpaired) electrons. The number of hydrogen-bond donors (Lipinski definition) is 8. The molecule has 0 aromatic heterocycles. The maximum absolute atomic E-state index is 12.5. The topological polar surface area (TPSA) is 251 Å². The smallest absolute Gasteiger partial charge is 0.326 e. The average molecular weight is 465 g/mol. The highest BCUT2D eigenvalue weighted by Gasteiger charge is 2.30. The molecule has 176 valence electrons. The number of aliphatic carboxylic acids is 2. The number of aliphatic hydroxyl groups excluding tert-OH is 1.